The number of hydroxylamine groups is 2. The number of nitrogens with zero attached hydrogens (tertiary/aromatic N) is 1. The second-order valence-corrected chi connectivity index (χ2v) is 7.30. The van der Waals surface area contributed by atoms with Crippen LogP contribution >= 0.6 is 0 Å². The van der Waals surface area contributed by atoms with E-state index in [1.807, 2.05) is 11.1 Å². The molecule has 112 valence electrons. The summed E-state index contributed by atoms with van der Waals surface area (Å²) in [5.74, 6) is 1.53. The molecule has 0 bridgehead atoms. The van der Waals surface area contributed by atoms with E-state index in [4.69, 9.17) is 9.57 Å². The van der Waals surface area contributed by atoms with Crippen LogP contribution in [0.2, 0.25) is 0 Å². The molecule has 0 radical (unpaired) electrons. The summed E-state index contributed by atoms with van der Waals surface area (Å²) in [5.41, 5.74) is 2.25. The van der Waals surface area contributed by atoms with Crippen molar-refractivity contribution in [2.75, 3.05) is 7.05 Å². The largest absolute Gasteiger partial charge is 0.483 e. The standard InChI is InChI=1S/C18H23NO2/c1-17(2)13-9-10-18(3)14(16(13)19(4)21-17)11-12-7-5-6-8-15(12)20-18/h5-8,11,13,16H,9-10H2,1-4H3/t13-,16+,18-/m0/s1. The predicted octanol–water partition coefficient (Wildman–Crippen LogP) is 3.66. The third-order valence-electron chi connectivity index (χ3n) is 5.47. The van der Waals surface area contributed by atoms with Gasteiger partial charge in [-0.2, -0.15) is 5.06 Å². The Morgan fingerprint density at radius 1 is 1.19 bits per heavy atom. The average Bonchev–Trinajstić information content (AvgIpc) is 2.65. The Kier molecular flexibility index (Phi) is 2.61. The van der Waals surface area contributed by atoms with Gasteiger partial charge in [0.25, 0.3) is 0 Å². The van der Waals surface area contributed by atoms with E-state index in [2.05, 4.69) is 52.1 Å². The smallest absolute Gasteiger partial charge is 0.129 e. The van der Waals surface area contributed by atoms with Gasteiger partial charge in [0, 0.05) is 18.5 Å². The summed E-state index contributed by atoms with van der Waals surface area (Å²) < 4.78 is 6.40. The molecule has 21 heavy (non-hydrogen) atoms. The van der Waals surface area contributed by atoms with Crippen LogP contribution in [0.4, 0.5) is 0 Å². The molecule has 1 saturated heterocycles. The quantitative estimate of drug-likeness (QED) is 0.726. The van der Waals surface area contributed by atoms with Crippen molar-refractivity contribution in [1.82, 2.24) is 5.06 Å². The lowest BCUT2D eigenvalue weighted by atomic mass is 9.67. The highest BCUT2D eigenvalue weighted by Crippen LogP contribution is 2.52. The van der Waals surface area contributed by atoms with Crippen LogP contribution in [0.15, 0.2) is 29.8 Å². The normalized spacial score (nSPS) is 37.0. The zero-order valence-corrected chi connectivity index (χ0v) is 13.2. The minimum Gasteiger partial charge on any atom is -0.483 e. The fourth-order valence-corrected chi connectivity index (χ4v) is 4.39. The van der Waals surface area contributed by atoms with Crippen molar-refractivity contribution in [2.45, 2.75) is 50.9 Å². The SMILES string of the molecule is CN1OC(C)(C)[C@H]2CC[C@]3(C)Oc4ccccc4C=C3[C@@H]21. The summed E-state index contributed by atoms with van der Waals surface area (Å²) in [6.07, 6.45) is 4.52. The highest BCUT2D eigenvalue weighted by Gasteiger charge is 2.56. The van der Waals surface area contributed by atoms with Crippen LogP contribution in [0.3, 0.4) is 0 Å². The summed E-state index contributed by atoms with van der Waals surface area (Å²) in [6, 6.07) is 8.62. The minimum atomic E-state index is -0.201. The number of hydrogen-bond acceptors (Lipinski definition) is 3. The molecule has 0 spiro atoms. The molecular formula is C18H23NO2. The number of rotatable bonds is 0. The molecular weight excluding hydrogens is 262 g/mol. The van der Waals surface area contributed by atoms with Crippen LogP contribution in [-0.4, -0.2) is 29.4 Å². The second kappa shape index (κ2) is 4.11. The minimum absolute atomic E-state index is 0.0987. The average molecular weight is 285 g/mol. The van der Waals surface area contributed by atoms with Gasteiger partial charge < -0.3 is 4.74 Å². The number of hydrogen-bond donors (Lipinski definition) is 0. The molecule has 2 aliphatic heterocycles. The first-order valence-electron chi connectivity index (χ1n) is 7.83. The molecule has 0 amide bonds. The van der Waals surface area contributed by atoms with Crippen molar-refractivity contribution < 1.29 is 9.57 Å². The van der Waals surface area contributed by atoms with Crippen molar-refractivity contribution in [2.24, 2.45) is 5.92 Å². The number of likely N-dealkylation sites (N-methyl/N-ethyl adjacent to an activating group) is 1. The molecule has 1 aliphatic carbocycles. The summed E-state index contributed by atoms with van der Waals surface area (Å²) in [4.78, 5) is 6.11. The Morgan fingerprint density at radius 2 is 1.95 bits per heavy atom. The summed E-state index contributed by atoms with van der Waals surface area (Å²) in [7, 11) is 2.06. The van der Waals surface area contributed by atoms with Crippen LogP contribution < -0.4 is 4.74 Å². The van der Waals surface area contributed by atoms with Gasteiger partial charge in [0.2, 0.25) is 0 Å². The van der Waals surface area contributed by atoms with Gasteiger partial charge in [-0.1, -0.05) is 18.2 Å². The highest BCUT2D eigenvalue weighted by molar-refractivity contribution is 5.66. The molecule has 0 aromatic heterocycles. The maximum atomic E-state index is 6.40. The molecule has 1 aromatic rings. The van der Waals surface area contributed by atoms with E-state index in [1.54, 1.807) is 0 Å². The Hall–Kier alpha value is -1.32. The van der Waals surface area contributed by atoms with Crippen LogP contribution in [0, 0.1) is 5.92 Å². The van der Waals surface area contributed by atoms with Gasteiger partial charge in [0.15, 0.2) is 0 Å². The lowest BCUT2D eigenvalue weighted by Crippen LogP contribution is -2.51. The van der Waals surface area contributed by atoms with Gasteiger partial charge in [-0.3, -0.25) is 4.84 Å². The van der Waals surface area contributed by atoms with Crippen molar-refractivity contribution >= 4 is 6.08 Å². The summed E-state index contributed by atoms with van der Waals surface area (Å²) >= 11 is 0. The van der Waals surface area contributed by atoms with E-state index >= 15 is 0 Å². The van der Waals surface area contributed by atoms with Crippen molar-refractivity contribution in [1.29, 1.82) is 0 Å². The van der Waals surface area contributed by atoms with E-state index in [0.717, 1.165) is 18.6 Å². The Balaban J connectivity index is 1.84. The molecule has 1 saturated carbocycles. The van der Waals surface area contributed by atoms with E-state index < -0.39 is 0 Å². The fourth-order valence-electron chi connectivity index (χ4n) is 4.39. The fraction of sp³-hybridized carbons (Fsp3) is 0.556. The topological polar surface area (TPSA) is 21.7 Å². The summed E-state index contributed by atoms with van der Waals surface area (Å²) in [5, 5.41) is 2.05. The van der Waals surface area contributed by atoms with E-state index in [1.165, 1.54) is 11.1 Å². The zero-order valence-electron chi connectivity index (χ0n) is 13.2. The van der Waals surface area contributed by atoms with Gasteiger partial charge in [0.1, 0.15) is 11.4 Å². The van der Waals surface area contributed by atoms with E-state index in [9.17, 15) is 0 Å². The molecule has 4 rings (SSSR count). The highest BCUT2D eigenvalue weighted by atomic mass is 16.7. The van der Waals surface area contributed by atoms with Crippen molar-refractivity contribution in [3.8, 4) is 5.75 Å². The zero-order chi connectivity index (χ0) is 14.8. The van der Waals surface area contributed by atoms with Crippen LogP contribution in [-0.2, 0) is 4.84 Å². The van der Waals surface area contributed by atoms with Crippen molar-refractivity contribution in [3.05, 3.63) is 35.4 Å². The first-order chi connectivity index (χ1) is 9.91. The number of benzene rings is 1. The molecule has 1 aromatic carbocycles. The maximum absolute atomic E-state index is 6.40. The van der Waals surface area contributed by atoms with Gasteiger partial charge in [-0.05, 0) is 51.3 Å². The van der Waals surface area contributed by atoms with Gasteiger partial charge in [0.05, 0.1) is 11.6 Å². The first kappa shape index (κ1) is 13.4. The molecule has 3 heteroatoms. The van der Waals surface area contributed by atoms with E-state index in [0.29, 0.717) is 12.0 Å². The molecule has 0 unspecified atom stereocenters. The Bertz CT molecular complexity index is 621. The number of ether oxygens (including phenoxy) is 1. The molecule has 0 N–H and O–H groups in total. The number of fused-ring (bicyclic) bond motifs is 4. The monoisotopic (exact) mass is 285 g/mol. The third kappa shape index (κ3) is 1.80. The lowest BCUT2D eigenvalue weighted by molar-refractivity contribution is -0.175. The second-order valence-electron chi connectivity index (χ2n) is 7.30. The Labute approximate surface area is 126 Å². The predicted molar refractivity (Wildman–Crippen MR) is 82.9 cm³/mol. The van der Waals surface area contributed by atoms with Crippen LogP contribution in [0.5, 0.6) is 5.75 Å². The first-order valence-corrected chi connectivity index (χ1v) is 7.83. The van der Waals surface area contributed by atoms with Crippen LogP contribution in [0.1, 0.15) is 39.2 Å². The van der Waals surface area contributed by atoms with Gasteiger partial charge in [-0.25, -0.2) is 0 Å². The van der Waals surface area contributed by atoms with E-state index in [-0.39, 0.29) is 11.2 Å². The number of para-hydroxylation sites is 1. The molecule has 2 heterocycles. The third-order valence-corrected chi connectivity index (χ3v) is 5.47. The molecule has 3 nitrogen and oxygen atoms in total. The van der Waals surface area contributed by atoms with Crippen molar-refractivity contribution in [3.63, 3.8) is 0 Å². The van der Waals surface area contributed by atoms with Crippen LogP contribution in [0.25, 0.3) is 6.08 Å². The van der Waals surface area contributed by atoms with Gasteiger partial charge >= 0.3 is 0 Å². The lowest BCUT2D eigenvalue weighted by Gasteiger charge is -2.46. The molecule has 2 fully saturated rings. The summed E-state index contributed by atoms with van der Waals surface area (Å²) in [6.45, 7) is 6.63. The molecule has 3 aliphatic rings. The Morgan fingerprint density at radius 3 is 2.76 bits per heavy atom. The maximum Gasteiger partial charge on any atom is 0.129 e. The molecule has 3 atom stereocenters. The van der Waals surface area contributed by atoms with Gasteiger partial charge in [-0.15, -0.1) is 0 Å².